The third-order valence-electron chi connectivity index (χ3n) is 5.60. The van der Waals surface area contributed by atoms with E-state index < -0.39 is 23.0 Å². The third kappa shape index (κ3) is 3.90. The molecule has 0 saturated carbocycles. The van der Waals surface area contributed by atoms with Crippen molar-refractivity contribution in [2.24, 2.45) is 0 Å². The molecule has 0 spiro atoms. The third-order valence-corrected chi connectivity index (χ3v) is 5.60. The molecule has 2 aliphatic rings. The fourth-order valence-corrected chi connectivity index (χ4v) is 4.00. The molecule has 0 bridgehead atoms. The number of amides is 1. The fourth-order valence-electron chi connectivity index (χ4n) is 4.00. The molecular formula is C19H25N5O6. The normalized spacial score (nSPS) is 18.1. The molecule has 4 rings (SSSR count). The summed E-state index contributed by atoms with van der Waals surface area (Å²) in [7, 11) is 0. The van der Waals surface area contributed by atoms with Crippen LogP contribution in [0.4, 0.5) is 0 Å². The van der Waals surface area contributed by atoms with Gasteiger partial charge in [-0.1, -0.05) is 0 Å². The zero-order valence-corrected chi connectivity index (χ0v) is 16.6. The van der Waals surface area contributed by atoms with Crippen molar-refractivity contribution in [2.45, 2.75) is 32.4 Å². The van der Waals surface area contributed by atoms with Crippen molar-refractivity contribution in [1.82, 2.24) is 23.8 Å². The van der Waals surface area contributed by atoms with Gasteiger partial charge in [0.2, 0.25) is 17.4 Å². The maximum Gasteiger partial charge on any atom is 0.358 e. The van der Waals surface area contributed by atoms with Gasteiger partial charge in [0.15, 0.2) is 5.69 Å². The van der Waals surface area contributed by atoms with Crippen LogP contribution in [0.15, 0.2) is 11.0 Å². The largest absolute Gasteiger partial charge is 0.501 e. The van der Waals surface area contributed by atoms with Crippen molar-refractivity contribution in [3.8, 4) is 5.75 Å². The predicted molar refractivity (Wildman–Crippen MR) is 105 cm³/mol. The molecular weight excluding hydrogens is 394 g/mol. The summed E-state index contributed by atoms with van der Waals surface area (Å²) in [6.45, 7) is 4.23. The quantitative estimate of drug-likeness (QED) is 0.678. The van der Waals surface area contributed by atoms with Crippen LogP contribution in [0.3, 0.4) is 0 Å². The highest BCUT2D eigenvalue weighted by Gasteiger charge is 2.25. The van der Waals surface area contributed by atoms with Gasteiger partial charge in [0, 0.05) is 38.9 Å². The molecule has 30 heavy (non-hydrogen) atoms. The van der Waals surface area contributed by atoms with Crippen molar-refractivity contribution < 1.29 is 24.5 Å². The fraction of sp³-hybridized carbons (Fsp3) is 0.579. The lowest BCUT2D eigenvalue weighted by atomic mass is 10.1. The predicted octanol–water partition coefficient (Wildman–Crippen LogP) is -0.255. The first-order chi connectivity index (χ1) is 14.5. The number of ether oxygens (including phenoxy) is 1. The first-order valence-corrected chi connectivity index (χ1v) is 10.1. The molecule has 11 heteroatoms. The Morgan fingerprint density at radius 3 is 2.47 bits per heavy atom. The molecule has 0 unspecified atom stereocenters. The smallest absolute Gasteiger partial charge is 0.358 e. The number of carbonyl (C=O) groups excluding carboxylic acids is 1. The summed E-state index contributed by atoms with van der Waals surface area (Å²) < 4.78 is 8.05. The summed E-state index contributed by atoms with van der Waals surface area (Å²) in [4.78, 5) is 44.9. The lowest BCUT2D eigenvalue weighted by Crippen LogP contribution is -2.37. The molecule has 0 atom stereocenters. The Labute approximate surface area is 172 Å². The van der Waals surface area contributed by atoms with Crippen LogP contribution in [-0.2, 0) is 22.6 Å². The number of imidazole rings is 1. The number of aromatic hydroxyl groups is 1. The highest BCUT2D eigenvalue weighted by molar-refractivity contribution is 5.88. The number of rotatable bonds is 5. The first kappa shape index (κ1) is 20.4. The van der Waals surface area contributed by atoms with Crippen LogP contribution < -0.4 is 5.56 Å². The van der Waals surface area contributed by atoms with Gasteiger partial charge in [0.05, 0.1) is 18.9 Å². The minimum absolute atomic E-state index is 0.0313. The molecule has 2 aromatic rings. The zero-order valence-electron chi connectivity index (χ0n) is 16.6. The van der Waals surface area contributed by atoms with E-state index in [-0.39, 0.29) is 18.2 Å². The highest BCUT2D eigenvalue weighted by atomic mass is 16.5. The second kappa shape index (κ2) is 8.44. The molecule has 0 aromatic carbocycles. The number of carbonyl (C=O) groups is 2. The Bertz CT molecular complexity index is 1020. The van der Waals surface area contributed by atoms with Crippen LogP contribution in [0.25, 0.3) is 5.78 Å². The zero-order chi connectivity index (χ0) is 21.3. The molecule has 0 radical (unpaired) electrons. The van der Waals surface area contributed by atoms with Crippen molar-refractivity contribution in [1.29, 1.82) is 0 Å². The molecule has 2 N–H and O–H groups in total. The lowest BCUT2D eigenvalue weighted by Gasteiger charge is -2.26. The maximum absolute atomic E-state index is 12.8. The van der Waals surface area contributed by atoms with Crippen LogP contribution in [-0.4, -0.2) is 85.2 Å². The monoisotopic (exact) mass is 419 g/mol. The van der Waals surface area contributed by atoms with E-state index in [1.54, 1.807) is 11.1 Å². The van der Waals surface area contributed by atoms with Gasteiger partial charge in [-0.25, -0.2) is 14.2 Å². The van der Waals surface area contributed by atoms with Crippen LogP contribution >= 0.6 is 0 Å². The molecule has 11 nitrogen and oxygen atoms in total. The maximum atomic E-state index is 12.8. The molecule has 2 aromatic heterocycles. The standard InChI is InChI=1S/C19H25N5O6/c25-14(22-4-2-1-3-5-22)12-23-11-13(10-21-6-8-30-9-7-21)24-17(27)16(26)15(18(28)29)20-19(23)24/h11,26H,1-10,12H2,(H,28,29). The van der Waals surface area contributed by atoms with Gasteiger partial charge in [-0.2, -0.15) is 0 Å². The number of nitrogens with zero attached hydrogens (tertiary/aromatic N) is 5. The van der Waals surface area contributed by atoms with Crippen LogP contribution in [0.2, 0.25) is 0 Å². The number of likely N-dealkylation sites (tertiary alicyclic amines) is 1. The number of aromatic carboxylic acids is 1. The Morgan fingerprint density at radius 2 is 1.80 bits per heavy atom. The summed E-state index contributed by atoms with van der Waals surface area (Å²) in [5, 5.41) is 19.4. The summed E-state index contributed by atoms with van der Waals surface area (Å²) >= 11 is 0. The van der Waals surface area contributed by atoms with E-state index in [2.05, 4.69) is 9.88 Å². The summed E-state index contributed by atoms with van der Waals surface area (Å²) in [5.74, 6) is -2.49. The summed E-state index contributed by atoms with van der Waals surface area (Å²) in [5.41, 5.74) is -1.05. The van der Waals surface area contributed by atoms with Gasteiger partial charge in [0.1, 0.15) is 6.54 Å². The number of hydrogen-bond acceptors (Lipinski definition) is 7. The van der Waals surface area contributed by atoms with Crippen molar-refractivity contribution in [3.63, 3.8) is 0 Å². The van der Waals surface area contributed by atoms with Crippen LogP contribution in [0, 0.1) is 0 Å². The van der Waals surface area contributed by atoms with Gasteiger partial charge in [0.25, 0.3) is 0 Å². The van der Waals surface area contributed by atoms with Gasteiger partial charge in [-0.3, -0.25) is 14.5 Å². The molecule has 2 saturated heterocycles. The Balaban J connectivity index is 1.74. The Hall–Kier alpha value is -2.92. The minimum atomic E-state index is -1.50. The van der Waals surface area contributed by atoms with E-state index in [1.807, 2.05) is 0 Å². The van der Waals surface area contributed by atoms with E-state index in [1.165, 1.54) is 8.97 Å². The van der Waals surface area contributed by atoms with E-state index in [0.717, 1.165) is 19.3 Å². The second-order valence-electron chi connectivity index (χ2n) is 7.63. The average molecular weight is 419 g/mol. The van der Waals surface area contributed by atoms with E-state index in [0.29, 0.717) is 51.6 Å². The molecule has 4 heterocycles. The number of carboxylic acid groups (broad SMARTS) is 1. The topological polar surface area (TPSA) is 130 Å². The molecule has 1 amide bonds. The molecule has 2 aliphatic heterocycles. The van der Waals surface area contributed by atoms with E-state index >= 15 is 0 Å². The van der Waals surface area contributed by atoms with Crippen LogP contribution in [0.5, 0.6) is 5.75 Å². The van der Waals surface area contributed by atoms with Gasteiger partial charge in [-0.15, -0.1) is 0 Å². The number of piperidine rings is 1. The number of carboxylic acids is 1. The lowest BCUT2D eigenvalue weighted by molar-refractivity contribution is -0.132. The Kier molecular flexibility index (Phi) is 5.73. The molecule has 162 valence electrons. The van der Waals surface area contributed by atoms with Crippen LogP contribution in [0.1, 0.15) is 35.4 Å². The van der Waals surface area contributed by atoms with E-state index in [9.17, 15) is 24.6 Å². The van der Waals surface area contributed by atoms with E-state index in [4.69, 9.17) is 4.74 Å². The highest BCUT2D eigenvalue weighted by Crippen LogP contribution is 2.17. The first-order valence-electron chi connectivity index (χ1n) is 10.1. The van der Waals surface area contributed by atoms with Gasteiger partial charge in [-0.05, 0) is 19.3 Å². The Morgan fingerprint density at radius 1 is 1.10 bits per heavy atom. The summed E-state index contributed by atoms with van der Waals surface area (Å²) in [6, 6.07) is 0. The molecule has 2 fully saturated rings. The number of fused-ring (bicyclic) bond motifs is 1. The second-order valence-corrected chi connectivity index (χ2v) is 7.63. The number of morpholine rings is 1. The van der Waals surface area contributed by atoms with Gasteiger partial charge < -0.3 is 24.4 Å². The molecule has 0 aliphatic carbocycles. The van der Waals surface area contributed by atoms with Crippen molar-refractivity contribution in [2.75, 3.05) is 39.4 Å². The SMILES string of the molecule is O=C(O)c1nc2n(CC(=O)N3CCCCC3)cc(CN3CCOCC3)n2c(=O)c1O. The average Bonchev–Trinajstić information content (AvgIpc) is 3.08. The summed E-state index contributed by atoms with van der Waals surface area (Å²) in [6.07, 6.45) is 4.65. The number of hydrogen-bond donors (Lipinski definition) is 2. The number of aromatic nitrogens is 3. The minimum Gasteiger partial charge on any atom is -0.501 e. The van der Waals surface area contributed by atoms with Gasteiger partial charge >= 0.3 is 11.5 Å². The van der Waals surface area contributed by atoms with Crippen molar-refractivity contribution in [3.05, 3.63) is 27.9 Å². The van der Waals surface area contributed by atoms with Crippen molar-refractivity contribution >= 4 is 17.7 Å².